The van der Waals surface area contributed by atoms with Crippen LogP contribution in [0.4, 0.5) is 4.39 Å². The van der Waals surface area contributed by atoms with Crippen molar-refractivity contribution in [2.75, 3.05) is 13.6 Å². The highest BCUT2D eigenvalue weighted by molar-refractivity contribution is 6.30. The van der Waals surface area contributed by atoms with Crippen molar-refractivity contribution < 1.29 is 9.18 Å². The van der Waals surface area contributed by atoms with Crippen LogP contribution in [-0.2, 0) is 11.3 Å². The average molecular weight is 257 g/mol. The van der Waals surface area contributed by atoms with Gasteiger partial charge in [0.15, 0.2) is 0 Å². The minimum Gasteiger partial charge on any atom is -0.344 e. The molecular weight excluding hydrogens is 243 g/mol. The molecule has 1 aliphatic rings. The van der Waals surface area contributed by atoms with E-state index in [1.54, 1.807) is 24.1 Å². The molecule has 3 nitrogen and oxygen atoms in total. The number of likely N-dealkylation sites (N-methyl/N-ethyl adjacent to an activating group) is 1. The zero-order valence-corrected chi connectivity index (χ0v) is 10.3. The van der Waals surface area contributed by atoms with Crippen LogP contribution in [0.2, 0.25) is 5.02 Å². The molecule has 1 N–H and O–H groups in total. The predicted molar refractivity (Wildman–Crippen MR) is 64.3 cm³/mol. The van der Waals surface area contributed by atoms with Gasteiger partial charge in [0, 0.05) is 25.7 Å². The summed E-state index contributed by atoms with van der Waals surface area (Å²) in [5.74, 6) is -0.354. The molecule has 0 bridgehead atoms. The van der Waals surface area contributed by atoms with Gasteiger partial charge in [0.25, 0.3) is 0 Å². The fraction of sp³-hybridized carbons (Fsp3) is 0.417. The lowest BCUT2D eigenvalue weighted by Gasteiger charge is -2.12. The van der Waals surface area contributed by atoms with Crippen molar-refractivity contribution in [2.24, 2.45) is 0 Å². The minimum absolute atomic E-state index is 0.0624. The van der Waals surface area contributed by atoms with Crippen molar-refractivity contribution in [3.8, 4) is 0 Å². The molecule has 1 fully saturated rings. The van der Waals surface area contributed by atoms with Gasteiger partial charge in [0.1, 0.15) is 5.82 Å². The molecule has 2 rings (SSSR count). The number of rotatable bonds is 3. The van der Waals surface area contributed by atoms with Crippen LogP contribution >= 0.6 is 11.6 Å². The van der Waals surface area contributed by atoms with Crippen LogP contribution in [0.5, 0.6) is 0 Å². The van der Waals surface area contributed by atoms with E-state index in [2.05, 4.69) is 5.32 Å². The van der Waals surface area contributed by atoms with E-state index < -0.39 is 5.82 Å². The topological polar surface area (TPSA) is 32.3 Å². The second kappa shape index (κ2) is 5.02. The van der Waals surface area contributed by atoms with Gasteiger partial charge in [-0.3, -0.25) is 4.79 Å². The maximum Gasteiger partial charge on any atom is 0.239 e. The van der Waals surface area contributed by atoms with Crippen LogP contribution in [0, 0.1) is 5.82 Å². The van der Waals surface area contributed by atoms with Crippen LogP contribution in [-0.4, -0.2) is 30.4 Å². The van der Waals surface area contributed by atoms with Crippen molar-refractivity contribution >= 4 is 17.5 Å². The Bertz CT molecular complexity index is 439. The number of carbonyl (C=O) groups excluding carboxylic acids is 1. The van der Waals surface area contributed by atoms with Crippen molar-refractivity contribution in [1.29, 1.82) is 0 Å². The number of likely N-dealkylation sites (tertiary alicyclic amines) is 1. The number of amides is 1. The van der Waals surface area contributed by atoms with Crippen LogP contribution < -0.4 is 5.32 Å². The summed E-state index contributed by atoms with van der Waals surface area (Å²) in [7, 11) is 1.77. The Kier molecular flexibility index (Phi) is 3.64. The maximum atomic E-state index is 13.6. The normalized spacial score (nSPS) is 20.1. The van der Waals surface area contributed by atoms with Gasteiger partial charge < -0.3 is 10.2 Å². The number of hydrogen-bond donors (Lipinski definition) is 1. The van der Waals surface area contributed by atoms with Gasteiger partial charge in [0.05, 0.1) is 11.1 Å². The van der Waals surface area contributed by atoms with Crippen LogP contribution in [0.3, 0.4) is 0 Å². The Labute approximate surface area is 105 Å². The second-order valence-electron chi connectivity index (χ2n) is 4.19. The highest BCUT2D eigenvalue weighted by atomic mass is 35.5. The standard InChI is InChI=1S/C12H14ClFN2O/c1-16-6-5-10(12(16)17)15-7-8-3-2-4-9(13)11(8)14/h2-4,10,15H,5-7H2,1H3. The SMILES string of the molecule is CN1CCC(NCc2cccc(Cl)c2F)C1=O. The molecule has 1 saturated heterocycles. The number of nitrogens with zero attached hydrogens (tertiary/aromatic N) is 1. The van der Waals surface area contributed by atoms with Crippen molar-refractivity contribution in [1.82, 2.24) is 10.2 Å². The first-order chi connectivity index (χ1) is 8.09. The fourth-order valence-electron chi connectivity index (χ4n) is 1.93. The van der Waals surface area contributed by atoms with Crippen molar-refractivity contribution in [3.63, 3.8) is 0 Å². The van der Waals surface area contributed by atoms with E-state index in [0.717, 1.165) is 13.0 Å². The molecule has 1 heterocycles. The summed E-state index contributed by atoms with van der Waals surface area (Å²) in [6.45, 7) is 1.06. The molecule has 0 aromatic heterocycles. The fourth-order valence-corrected chi connectivity index (χ4v) is 2.12. The number of nitrogens with one attached hydrogen (secondary N) is 1. The molecule has 1 amide bonds. The Morgan fingerprint density at radius 3 is 3.00 bits per heavy atom. The van der Waals surface area contributed by atoms with Gasteiger partial charge in [0.2, 0.25) is 5.91 Å². The summed E-state index contributed by atoms with van der Waals surface area (Å²) in [6, 6.07) is 4.66. The van der Waals surface area contributed by atoms with E-state index in [1.165, 1.54) is 6.07 Å². The van der Waals surface area contributed by atoms with Gasteiger partial charge in [-0.05, 0) is 12.5 Å². The Morgan fingerprint density at radius 2 is 2.35 bits per heavy atom. The molecule has 92 valence electrons. The van der Waals surface area contributed by atoms with Crippen molar-refractivity contribution in [3.05, 3.63) is 34.6 Å². The van der Waals surface area contributed by atoms with Crippen LogP contribution in [0.15, 0.2) is 18.2 Å². The van der Waals surface area contributed by atoms with E-state index in [4.69, 9.17) is 11.6 Å². The molecule has 0 spiro atoms. The number of hydrogen-bond acceptors (Lipinski definition) is 2. The molecule has 1 unspecified atom stereocenters. The smallest absolute Gasteiger partial charge is 0.239 e. The van der Waals surface area contributed by atoms with E-state index in [1.807, 2.05) is 0 Å². The number of halogens is 2. The summed E-state index contributed by atoms with van der Waals surface area (Å²) in [5.41, 5.74) is 0.486. The third-order valence-corrected chi connectivity index (χ3v) is 3.29. The Balaban J connectivity index is 1.99. The lowest BCUT2D eigenvalue weighted by atomic mass is 10.2. The summed E-state index contributed by atoms with van der Waals surface area (Å²) >= 11 is 5.68. The quantitative estimate of drug-likeness (QED) is 0.895. The molecule has 1 aromatic rings. The third-order valence-electron chi connectivity index (χ3n) is 3.00. The number of carbonyl (C=O) groups is 1. The molecule has 1 aromatic carbocycles. The molecule has 0 aliphatic carbocycles. The number of benzene rings is 1. The molecule has 17 heavy (non-hydrogen) atoms. The molecule has 1 atom stereocenters. The predicted octanol–water partition coefficient (Wildman–Crippen LogP) is 1.80. The van der Waals surface area contributed by atoms with Gasteiger partial charge in [-0.15, -0.1) is 0 Å². The van der Waals surface area contributed by atoms with E-state index in [-0.39, 0.29) is 17.0 Å². The van der Waals surface area contributed by atoms with Gasteiger partial charge in [-0.1, -0.05) is 23.7 Å². The van der Waals surface area contributed by atoms with Gasteiger partial charge >= 0.3 is 0 Å². The van der Waals surface area contributed by atoms with Crippen molar-refractivity contribution in [2.45, 2.75) is 19.0 Å². The second-order valence-corrected chi connectivity index (χ2v) is 4.60. The van der Waals surface area contributed by atoms with E-state index >= 15 is 0 Å². The van der Waals surface area contributed by atoms with Gasteiger partial charge in [-0.2, -0.15) is 0 Å². The largest absolute Gasteiger partial charge is 0.344 e. The molecule has 0 radical (unpaired) electrons. The highest BCUT2D eigenvalue weighted by Gasteiger charge is 2.28. The molecule has 1 aliphatic heterocycles. The van der Waals surface area contributed by atoms with E-state index in [0.29, 0.717) is 12.1 Å². The average Bonchev–Trinajstić information content (AvgIpc) is 2.62. The maximum absolute atomic E-state index is 13.6. The lowest BCUT2D eigenvalue weighted by Crippen LogP contribution is -2.36. The third kappa shape index (κ3) is 2.58. The highest BCUT2D eigenvalue weighted by Crippen LogP contribution is 2.18. The Hall–Kier alpha value is -1.13. The lowest BCUT2D eigenvalue weighted by molar-refractivity contribution is -0.128. The molecule has 5 heteroatoms. The van der Waals surface area contributed by atoms with Gasteiger partial charge in [-0.25, -0.2) is 4.39 Å². The first kappa shape index (κ1) is 12.3. The summed E-state index contributed by atoms with van der Waals surface area (Å²) in [4.78, 5) is 13.3. The first-order valence-corrected chi connectivity index (χ1v) is 5.88. The van der Waals surface area contributed by atoms with Crippen LogP contribution in [0.25, 0.3) is 0 Å². The summed E-state index contributed by atoms with van der Waals surface area (Å²) in [6.07, 6.45) is 0.761. The zero-order valence-electron chi connectivity index (χ0n) is 9.54. The first-order valence-electron chi connectivity index (χ1n) is 5.51. The minimum atomic E-state index is -0.416. The monoisotopic (exact) mass is 256 g/mol. The summed E-state index contributed by atoms with van der Waals surface area (Å²) < 4.78 is 13.6. The summed E-state index contributed by atoms with van der Waals surface area (Å²) in [5, 5.41) is 3.17. The zero-order chi connectivity index (χ0) is 12.4. The Morgan fingerprint density at radius 1 is 1.59 bits per heavy atom. The molecule has 0 saturated carbocycles. The van der Waals surface area contributed by atoms with Crippen LogP contribution in [0.1, 0.15) is 12.0 Å². The molecular formula is C12H14ClFN2O. The van der Waals surface area contributed by atoms with E-state index in [9.17, 15) is 9.18 Å².